The first kappa shape index (κ1) is 31.2. The van der Waals surface area contributed by atoms with Gasteiger partial charge in [0, 0.05) is 22.5 Å². The van der Waals surface area contributed by atoms with E-state index in [1.165, 1.54) is 34.4 Å². The van der Waals surface area contributed by atoms with Gasteiger partial charge in [0.05, 0.1) is 6.10 Å². The average Bonchev–Trinajstić information content (AvgIpc) is 3.35. The van der Waals surface area contributed by atoms with Crippen molar-refractivity contribution in [2.24, 2.45) is 11.3 Å². The number of hydrogen-bond acceptors (Lipinski definition) is 3. The summed E-state index contributed by atoms with van der Waals surface area (Å²) in [7, 11) is -2.06. The Balaban J connectivity index is 1.96. The van der Waals surface area contributed by atoms with Gasteiger partial charge in [0.15, 0.2) is 8.32 Å². The van der Waals surface area contributed by atoms with Crippen LogP contribution in [0.4, 0.5) is 0 Å². The van der Waals surface area contributed by atoms with E-state index in [2.05, 4.69) is 106 Å². The Morgan fingerprint density at radius 3 is 2.25 bits per heavy atom. The molecule has 40 heavy (non-hydrogen) atoms. The molecule has 0 bridgehead atoms. The number of benzene rings is 1. The zero-order valence-corrected chi connectivity index (χ0v) is 28.2. The number of hydrogen-bond donors (Lipinski definition) is 1. The van der Waals surface area contributed by atoms with Crippen LogP contribution < -0.4 is 0 Å². The smallest absolute Gasteiger partial charge is 0.192 e. The van der Waals surface area contributed by atoms with Gasteiger partial charge in [0.1, 0.15) is 6.10 Å². The molecule has 220 valence electrons. The predicted octanol–water partition coefficient (Wildman–Crippen LogP) is 10.1. The number of aromatic nitrogens is 1. The molecule has 0 aliphatic heterocycles. The van der Waals surface area contributed by atoms with Gasteiger partial charge in [-0.3, -0.25) is 4.98 Å². The van der Waals surface area contributed by atoms with Crippen molar-refractivity contribution < 1.29 is 9.53 Å². The number of pyridine rings is 1. The molecular weight excluding hydrogens is 506 g/mol. The molecule has 2 atom stereocenters. The Kier molecular flexibility index (Phi) is 8.96. The number of allylic oxidation sites excluding steroid dienone is 2. The van der Waals surface area contributed by atoms with Crippen LogP contribution in [0, 0.1) is 11.3 Å². The third kappa shape index (κ3) is 6.50. The summed E-state index contributed by atoms with van der Waals surface area (Å²) in [6.45, 7) is 25.4. The van der Waals surface area contributed by atoms with E-state index in [9.17, 15) is 5.11 Å². The van der Waals surface area contributed by atoms with Crippen molar-refractivity contribution in [3.8, 4) is 0 Å². The van der Waals surface area contributed by atoms with Crippen molar-refractivity contribution in [3.05, 3.63) is 69.5 Å². The summed E-state index contributed by atoms with van der Waals surface area (Å²) < 4.78 is 7.29. The van der Waals surface area contributed by atoms with Crippen molar-refractivity contribution in [2.75, 3.05) is 0 Å². The van der Waals surface area contributed by atoms with Crippen LogP contribution in [0.2, 0.25) is 18.1 Å². The van der Waals surface area contributed by atoms with Crippen molar-refractivity contribution in [1.29, 1.82) is 0 Å². The maximum Gasteiger partial charge on any atom is 0.192 e. The lowest BCUT2D eigenvalue weighted by Crippen LogP contribution is -2.44. The van der Waals surface area contributed by atoms with E-state index in [1.807, 2.05) is 0 Å². The lowest BCUT2D eigenvalue weighted by molar-refractivity contribution is 0.105. The largest absolute Gasteiger partial charge is 0.410 e. The first-order chi connectivity index (χ1) is 18.5. The van der Waals surface area contributed by atoms with Crippen LogP contribution in [-0.4, -0.2) is 18.4 Å². The third-order valence-electron chi connectivity index (χ3n) is 9.45. The second-order valence-corrected chi connectivity index (χ2v) is 20.3. The van der Waals surface area contributed by atoms with E-state index >= 15 is 0 Å². The number of aliphatic hydroxyl groups is 1. The molecule has 0 saturated carbocycles. The molecule has 1 heterocycles. The van der Waals surface area contributed by atoms with Gasteiger partial charge in [0.2, 0.25) is 0 Å². The quantitative estimate of drug-likeness (QED) is 0.326. The normalized spacial score (nSPS) is 20.1. The third-order valence-corrected chi connectivity index (χ3v) is 13.9. The molecule has 2 aliphatic rings. The van der Waals surface area contributed by atoms with Crippen molar-refractivity contribution >= 4 is 13.9 Å². The maximum atomic E-state index is 12.2. The fourth-order valence-electron chi connectivity index (χ4n) is 6.36. The highest BCUT2D eigenvalue weighted by molar-refractivity contribution is 6.74. The molecular formula is C36H55NO2Si. The molecule has 2 aromatic rings. The van der Waals surface area contributed by atoms with Crippen LogP contribution in [0.25, 0.3) is 5.57 Å². The minimum absolute atomic E-state index is 0.00998. The predicted molar refractivity (Wildman–Crippen MR) is 172 cm³/mol. The van der Waals surface area contributed by atoms with Crippen LogP contribution in [0.15, 0.2) is 30.3 Å². The van der Waals surface area contributed by atoms with E-state index in [-0.39, 0.29) is 22.5 Å². The van der Waals surface area contributed by atoms with Gasteiger partial charge in [-0.2, -0.15) is 0 Å². The highest BCUT2D eigenvalue weighted by atomic mass is 28.4. The second-order valence-electron chi connectivity index (χ2n) is 15.6. The average molecular weight is 562 g/mol. The molecule has 2 aliphatic carbocycles. The van der Waals surface area contributed by atoms with Crippen LogP contribution >= 0.6 is 0 Å². The summed E-state index contributed by atoms with van der Waals surface area (Å²) in [5.74, 6) is 0.817. The van der Waals surface area contributed by atoms with Crippen molar-refractivity contribution in [1.82, 2.24) is 4.98 Å². The van der Waals surface area contributed by atoms with E-state index in [0.717, 1.165) is 48.9 Å². The first-order valence-electron chi connectivity index (χ1n) is 15.7. The van der Waals surface area contributed by atoms with E-state index in [4.69, 9.17) is 9.41 Å². The molecule has 1 aromatic heterocycles. The van der Waals surface area contributed by atoms with E-state index in [0.29, 0.717) is 5.92 Å². The summed E-state index contributed by atoms with van der Waals surface area (Å²) in [5, 5.41) is 12.3. The Morgan fingerprint density at radius 2 is 1.73 bits per heavy atom. The minimum atomic E-state index is -2.06. The van der Waals surface area contributed by atoms with E-state index < -0.39 is 14.4 Å². The Hall–Kier alpha value is -1.75. The van der Waals surface area contributed by atoms with Crippen molar-refractivity contribution in [3.63, 3.8) is 0 Å². The summed E-state index contributed by atoms with van der Waals surface area (Å²) in [6.07, 6.45) is 7.99. The molecule has 1 unspecified atom stereocenters. The second kappa shape index (κ2) is 11.5. The van der Waals surface area contributed by atoms with Crippen molar-refractivity contribution in [2.45, 2.75) is 137 Å². The lowest BCUT2D eigenvalue weighted by atomic mass is 9.71. The molecule has 0 saturated heterocycles. The highest BCUT2D eigenvalue weighted by Gasteiger charge is 2.45. The highest BCUT2D eigenvalue weighted by Crippen LogP contribution is 2.52. The summed E-state index contributed by atoms with van der Waals surface area (Å²) in [4.78, 5) is 5.43. The molecule has 0 fully saturated rings. The van der Waals surface area contributed by atoms with Gasteiger partial charge in [-0.1, -0.05) is 92.7 Å². The number of aliphatic hydroxyl groups excluding tert-OH is 1. The zero-order valence-electron chi connectivity index (χ0n) is 27.2. The fourth-order valence-corrected chi connectivity index (χ4v) is 7.63. The fraction of sp³-hybridized carbons (Fsp3) is 0.639. The topological polar surface area (TPSA) is 42.4 Å². The summed E-state index contributed by atoms with van der Waals surface area (Å²) >= 11 is 0. The molecule has 0 radical (unpaired) electrons. The number of fused-ring (bicyclic) bond motifs is 1. The van der Waals surface area contributed by atoms with Crippen LogP contribution in [0.1, 0.15) is 145 Å². The Morgan fingerprint density at radius 1 is 1.07 bits per heavy atom. The molecule has 4 rings (SSSR count). The van der Waals surface area contributed by atoms with Gasteiger partial charge < -0.3 is 9.53 Å². The van der Waals surface area contributed by atoms with Gasteiger partial charge in [-0.15, -0.1) is 0 Å². The van der Waals surface area contributed by atoms with Gasteiger partial charge in [-0.05, 0) is 96.2 Å². The van der Waals surface area contributed by atoms with Crippen LogP contribution in [-0.2, 0) is 17.3 Å². The molecule has 4 heteroatoms. The van der Waals surface area contributed by atoms with Gasteiger partial charge in [0.25, 0.3) is 0 Å². The molecule has 1 N–H and O–H groups in total. The maximum absolute atomic E-state index is 12.2. The van der Waals surface area contributed by atoms with Gasteiger partial charge in [-0.25, -0.2) is 0 Å². The van der Waals surface area contributed by atoms with Gasteiger partial charge >= 0.3 is 0 Å². The van der Waals surface area contributed by atoms with Crippen LogP contribution in [0.5, 0.6) is 0 Å². The first-order valence-corrected chi connectivity index (χ1v) is 18.6. The number of nitrogens with zero attached hydrogens (tertiary/aromatic N) is 1. The van der Waals surface area contributed by atoms with E-state index in [1.54, 1.807) is 0 Å². The lowest BCUT2D eigenvalue weighted by Gasteiger charge is -2.45. The molecule has 1 aromatic carbocycles. The molecule has 0 spiro atoms. The summed E-state index contributed by atoms with van der Waals surface area (Å²) in [6, 6.07) is 8.65. The Bertz CT molecular complexity index is 1230. The van der Waals surface area contributed by atoms with Crippen LogP contribution in [0.3, 0.4) is 0 Å². The molecule has 3 nitrogen and oxygen atoms in total. The SMILES string of the molecule is CC(C)Cc1ccc(C(O)c2c(C(C)C)nc3c(c2C2=CCCC2)[C@@H](O[Si](C)(C)C(C)(C)C)CC(C)(C)C3)cc1. The summed E-state index contributed by atoms with van der Waals surface area (Å²) in [5.41, 5.74) is 9.54. The minimum Gasteiger partial charge on any atom is -0.410 e. The number of rotatable bonds is 8. The standard InChI is InChI=1S/C36H55NO2Si/c1-23(2)20-25-16-18-27(19-17-25)34(38)32-30(26-14-12-13-15-26)31-28(37-33(32)24(3)4)21-36(8,9)22-29(31)39-40(10,11)35(5,6)7/h14,16-19,23-24,29,34,38H,12-13,15,20-22H2,1-11H3/t29-,34?/m0/s1. The zero-order chi connectivity index (χ0) is 29.6. The monoisotopic (exact) mass is 561 g/mol. The Labute approximate surface area is 246 Å². The molecule has 0 amide bonds.